The minimum absolute atomic E-state index is 0.0639. The molecule has 1 fully saturated rings. The molecule has 4 rings (SSSR count). The number of hydrogen-bond donors (Lipinski definition) is 2. The van der Waals surface area contributed by atoms with E-state index in [1.807, 2.05) is 0 Å². The van der Waals surface area contributed by atoms with E-state index in [4.69, 9.17) is 27.9 Å². The number of ether oxygens (including phenoxy) is 1. The highest BCUT2D eigenvalue weighted by Crippen LogP contribution is 2.45. The Morgan fingerprint density at radius 3 is 2.49 bits per heavy atom. The maximum absolute atomic E-state index is 13.3. The molecule has 0 spiro atoms. The maximum Gasteiger partial charge on any atom is 0.300 e. The number of Topliss-reactive ketones (excluding diaryl/α,β-unsaturated/α-hetero) is 1. The smallest absolute Gasteiger partial charge is 0.300 e. The molecule has 2 N–H and O–H groups in total. The Hall–Kier alpha value is -3.88. The van der Waals surface area contributed by atoms with Gasteiger partial charge in [0.15, 0.2) is 0 Å². The van der Waals surface area contributed by atoms with E-state index in [0.29, 0.717) is 16.9 Å². The van der Waals surface area contributed by atoms with Crippen molar-refractivity contribution >= 4 is 57.9 Å². The summed E-state index contributed by atoms with van der Waals surface area (Å²) in [5.74, 6) is -2.46. The topological polar surface area (TPSA) is 109 Å². The summed E-state index contributed by atoms with van der Waals surface area (Å²) in [5.41, 5.74) is 1.19. The minimum Gasteiger partial charge on any atom is -0.507 e. The van der Waals surface area contributed by atoms with Crippen LogP contribution in [0.15, 0.2) is 66.5 Å². The number of pyridine rings is 1. The summed E-state index contributed by atoms with van der Waals surface area (Å²) in [7, 11) is 1.36. The first-order chi connectivity index (χ1) is 16.7. The number of nitrogens with one attached hydrogen (secondary N) is 1. The van der Waals surface area contributed by atoms with E-state index in [2.05, 4.69) is 10.3 Å². The van der Waals surface area contributed by atoms with Gasteiger partial charge in [0.2, 0.25) is 5.91 Å². The van der Waals surface area contributed by atoms with Crippen LogP contribution in [-0.2, 0) is 14.4 Å². The SMILES string of the molecule is COc1c(Cl)cc(Cl)cc1/C(O)=C1\C(=O)C(=O)N(c2cccc(NC(C)=O)c2)C1c1ccncc1. The van der Waals surface area contributed by atoms with Crippen LogP contribution in [0.2, 0.25) is 10.0 Å². The second-order valence-electron chi connectivity index (χ2n) is 7.65. The average molecular weight is 512 g/mol. The number of aliphatic hydroxyl groups is 1. The number of carbonyl (C=O) groups is 3. The third-order valence-corrected chi connectivity index (χ3v) is 5.88. The second kappa shape index (κ2) is 9.77. The zero-order valence-electron chi connectivity index (χ0n) is 18.6. The third kappa shape index (κ3) is 4.58. The van der Waals surface area contributed by atoms with Crippen LogP contribution < -0.4 is 15.0 Å². The van der Waals surface area contributed by atoms with Crippen molar-refractivity contribution in [3.8, 4) is 5.75 Å². The molecule has 10 heteroatoms. The van der Waals surface area contributed by atoms with Gasteiger partial charge in [-0.2, -0.15) is 0 Å². The Morgan fingerprint density at radius 1 is 1.11 bits per heavy atom. The number of amides is 2. The fourth-order valence-corrected chi connectivity index (χ4v) is 4.56. The summed E-state index contributed by atoms with van der Waals surface area (Å²) >= 11 is 12.4. The molecule has 0 aliphatic carbocycles. The summed E-state index contributed by atoms with van der Waals surface area (Å²) < 4.78 is 5.33. The van der Waals surface area contributed by atoms with Gasteiger partial charge in [0, 0.05) is 35.7 Å². The number of anilines is 2. The van der Waals surface area contributed by atoms with Gasteiger partial charge < -0.3 is 15.2 Å². The Morgan fingerprint density at radius 2 is 1.83 bits per heavy atom. The molecule has 1 aliphatic rings. The van der Waals surface area contributed by atoms with Crippen molar-refractivity contribution in [1.82, 2.24) is 4.98 Å². The molecule has 1 unspecified atom stereocenters. The zero-order valence-corrected chi connectivity index (χ0v) is 20.1. The number of carbonyl (C=O) groups excluding carboxylic acids is 3. The first kappa shape index (κ1) is 24.3. The number of rotatable bonds is 5. The van der Waals surface area contributed by atoms with Crippen molar-refractivity contribution < 1.29 is 24.2 Å². The molecule has 0 bridgehead atoms. The van der Waals surface area contributed by atoms with E-state index in [9.17, 15) is 19.5 Å². The lowest BCUT2D eigenvalue weighted by Crippen LogP contribution is -2.29. The Kier molecular flexibility index (Phi) is 6.77. The van der Waals surface area contributed by atoms with E-state index >= 15 is 0 Å². The first-order valence-corrected chi connectivity index (χ1v) is 11.1. The van der Waals surface area contributed by atoms with Crippen molar-refractivity contribution in [3.05, 3.63) is 87.7 Å². The summed E-state index contributed by atoms with van der Waals surface area (Å²) in [6.07, 6.45) is 3.03. The molecule has 0 radical (unpaired) electrons. The van der Waals surface area contributed by atoms with Gasteiger partial charge in [0.1, 0.15) is 11.5 Å². The largest absolute Gasteiger partial charge is 0.507 e. The number of benzene rings is 2. The lowest BCUT2D eigenvalue weighted by molar-refractivity contribution is -0.132. The fraction of sp³-hybridized carbons (Fsp3) is 0.120. The van der Waals surface area contributed by atoms with Crippen molar-refractivity contribution in [1.29, 1.82) is 0 Å². The molecule has 35 heavy (non-hydrogen) atoms. The number of aromatic nitrogens is 1. The van der Waals surface area contributed by atoms with Crippen LogP contribution in [-0.4, -0.2) is 34.8 Å². The molecule has 1 atom stereocenters. The quantitative estimate of drug-likeness (QED) is 0.284. The van der Waals surface area contributed by atoms with Crippen molar-refractivity contribution in [2.24, 2.45) is 0 Å². The molecule has 3 aromatic rings. The molecule has 1 aliphatic heterocycles. The molecule has 1 saturated heterocycles. The fourth-order valence-electron chi connectivity index (χ4n) is 3.99. The predicted molar refractivity (Wildman–Crippen MR) is 133 cm³/mol. The number of halogens is 2. The Bertz CT molecular complexity index is 1370. The number of nitrogens with zero attached hydrogens (tertiary/aromatic N) is 2. The van der Waals surface area contributed by atoms with Crippen molar-refractivity contribution in [3.63, 3.8) is 0 Å². The minimum atomic E-state index is -1.01. The van der Waals surface area contributed by atoms with Crippen molar-refractivity contribution in [2.75, 3.05) is 17.3 Å². The highest BCUT2D eigenvalue weighted by molar-refractivity contribution is 6.52. The Balaban J connectivity index is 1.97. The van der Waals surface area contributed by atoms with Gasteiger partial charge in [-0.3, -0.25) is 24.3 Å². The standard InChI is InChI=1S/C25H19Cl2N3O5/c1-13(31)29-16-4-3-5-17(12-16)30-21(14-6-8-28-9-7-14)20(23(33)25(30)34)22(32)18-10-15(26)11-19(27)24(18)35-2/h3-12,21,32H,1-2H3,(H,29,31)/b22-20+. The van der Waals surface area contributed by atoms with Gasteiger partial charge in [0.25, 0.3) is 11.7 Å². The molecule has 8 nitrogen and oxygen atoms in total. The molecule has 2 amide bonds. The monoisotopic (exact) mass is 511 g/mol. The molecule has 178 valence electrons. The maximum atomic E-state index is 13.3. The van der Waals surface area contributed by atoms with E-state index in [1.54, 1.807) is 36.4 Å². The van der Waals surface area contributed by atoms with Gasteiger partial charge in [-0.25, -0.2) is 0 Å². The Labute approximate surface area is 210 Å². The summed E-state index contributed by atoms with van der Waals surface area (Å²) in [6, 6.07) is 11.6. The van der Waals surface area contributed by atoms with Crippen LogP contribution in [0.5, 0.6) is 5.75 Å². The van der Waals surface area contributed by atoms with Gasteiger partial charge >= 0.3 is 0 Å². The summed E-state index contributed by atoms with van der Waals surface area (Å²) in [5, 5.41) is 14.3. The second-order valence-corrected chi connectivity index (χ2v) is 8.49. The molecular weight excluding hydrogens is 493 g/mol. The van der Waals surface area contributed by atoms with Gasteiger partial charge in [-0.05, 0) is 48.0 Å². The molecule has 0 saturated carbocycles. The number of methoxy groups -OCH3 is 1. The van der Waals surface area contributed by atoms with Gasteiger partial charge in [0.05, 0.1) is 29.3 Å². The van der Waals surface area contributed by atoms with Gasteiger partial charge in [-0.15, -0.1) is 0 Å². The van der Waals surface area contributed by atoms with E-state index in [0.717, 1.165) is 0 Å². The number of hydrogen-bond acceptors (Lipinski definition) is 6. The number of ketones is 1. The van der Waals surface area contributed by atoms with Crippen LogP contribution in [0.25, 0.3) is 5.76 Å². The van der Waals surface area contributed by atoms with E-state index in [-0.39, 0.29) is 32.8 Å². The lowest BCUT2D eigenvalue weighted by Gasteiger charge is -2.26. The van der Waals surface area contributed by atoms with Crippen LogP contribution in [0, 0.1) is 0 Å². The van der Waals surface area contributed by atoms with Crippen LogP contribution in [0.4, 0.5) is 11.4 Å². The molecule has 2 heterocycles. The highest BCUT2D eigenvalue weighted by atomic mass is 35.5. The highest BCUT2D eigenvalue weighted by Gasteiger charge is 2.47. The molecular formula is C25H19Cl2N3O5. The number of aliphatic hydroxyl groups excluding tert-OH is 1. The van der Waals surface area contributed by atoms with Crippen molar-refractivity contribution in [2.45, 2.75) is 13.0 Å². The normalized spacial score (nSPS) is 16.9. The van der Waals surface area contributed by atoms with E-state index < -0.39 is 23.5 Å². The van der Waals surface area contributed by atoms with E-state index in [1.165, 1.54) is 43.5 Å². The molecule has 2 aromatic carbocycles. The molecule has 1 aromatic heterocycles. The summed E-state index contributed by atoms with van der Waals surface area (Å²) in [6.45, 7) is 1.36. The lowest BCUT2D eigenvalue weighted by atomic mass is 9.95. The average Bonchev–Trinajstić information content (AvgIpc) is 3.09. The third-order valence-electron chi connectivity index (χ3n) is 5.38. The first-order valence-electron chi connectivity index (χ1n) is 10.3. The van der Waals surface area contributed by atoms with Crippen LogP contribution in [0.3, 0.4) is 0 Å². The summed E-state index contributed by atoms with van der Waals surface area (Å²) in [4.78, 5) is 43.4. The zero-order chi connectivity index (χ0) is 25.3. The van der Waals surface area contributed by atoms with Gasteiger partial charge in [-0.1, -0.05) is 29.3 Å². The van der Waals surface area contributed by atoms with Crippen LogP contribution in [0.1, 0.15) is 24.1 Å². The van der Waals surface area contributed by atoms with Crippen LogP contribution >= 0.6 is 23.2 Å². The predicted octanol–water partition coefficient (Wildman–Crippen LogP) is 4.98.